The van der Waals surface area contributed by atoms with E-state index in [0.29, 0.717) is 24.2 Å². The molecule has 1 amide bonds. The number of halogens is 3. The monoisotopic (exact) mass is 485 g/mol. The maximum atomic E-state index is 14.3. The minimum absolute atomic E-state index is 0.0423. The molecule has 8 heteroatoms. The molecule has 34 heavy (non-hydrogen) atoms. The van der Waals surface area contributed by atoms with Gasteiger partial charge in [0.2, 0.25) is 0 Å². The number of carbonyl (C=O) groups is 2. The number of carbonyl (C=O) groups excluding carboxylic acids is 1. The number of ether oxygens (including phenoxy) is 1. The van der Waals surface area contributed by atoms with Gasteiger partial charge >= 0.3 is 5.97 Å². The molecule has 1 aliphatic heterocycles. The van der Waals surface area contributed by atoms with Gasteiger partial charge < -0.3 is 14.7 Å². The van der Waals surface area contributed by atoms with Crippen LogP contribution in [0.15, 0.2) is 60.7 Å². The fraction of sp³-hybridized carbons (Fsp3) is 0.231. The first kappa shape index (κ1) is 23.7. The van der Waals surface area contributed by atoms with Crippen LogP contribution in [-0.4, -0.2) is 34.0 Å². The van der Waals surface area contributed by atoms with E-state index in [-0.39, 0.29) is 28.5 Å². The average molecular weight is 486 g/mol. The molecule has 1 aliphatic rings. The van der Waals surface area contributed by atoms with Crippen molar-refractivity contribution in [3.05, 3.63) is 99.6 Å². The molecule has 1 N–H and O–H groups in total. The standard InChI is InChI=1S/C26H22ClF2NO4/c1-26(12-17-5-2-3-7-21(17)28)13-18-11-16(9-10-23(18)34-26)25(33)30(15-24(31)32)14-19-20(27)6-4-8-22(19)29/h2-11H,12-15H2,1H3,(H,31,32)/t26-/m0/s1. The zero-order valence-corrected chi connectivity index (χ0v) is 19.1. The lowest BCUT2D eigenvalue weighted by Crippen LogP contribution is -2.35. The van der Waals surface area contributed by atoms with Crippen molar-refractivity contribution in [3.63, 3.8) is 0 Å². The minimum atomic E-state index is -1.23. The van der Waals surface area contributed by atoms with Crippen molar-refractivity contribution < 1.29 is 28.2 Å². The molecule has 0 fully saturated rings. The van der Waals surface area contributed by atoms with Crippen LogP contribution in [0.4, 0.5) is 8.78 Å². The first-order chi connectivity index (χ1) is 16.1. The second-order valence-electron chi connectivity index (χ2n) is 8.57. The van der Waals surface area contributed by atoms with Crippen LogP contribution in [0, 0.1) is 11.6 Å². The number of aliphatic carboxylic acids is 1. The lowest BCUT2D eigenvalue weighted by atomic mass is 9.91. The van der Waals surface area contributed by atoms with Gasteiger partial charge in [-0.05, 0) is 54.4 Å². The summed E-state index contributed by atoms with van der Waals surface area (Å²) in [5, 5.41) is 9.42. The fourth-order valence-electron chi connectivity index (χ4n) is 4.22. The van der Waals surface area contributed by atoms with Gasteiger partial charge in [0.05, 0.1) is 6.54 Å². The largest absolute Gasteiger partial charge is 0.487 e. The molecule has 1 atom stereocenters. The van der Waals surface area contributed by atoms with E-state index in [1.807, 2.05) is 6.92 Å². The van der Waals surface area contributed by atoms with Crippen molar-refractivity contribution >= 4 is 23.5 Å². The van der Waals surface area contributed by atoms with Gasteiger partial charge in [0.1, 0.15) is 29.5 Å². The summed E-state index contributed by atoms with van der Waals surface area (Å²) < 4.78 is 34.5. The average Bonchev–Trinajstić information content (AvgIpc) is 3.11. The maximum Gasteiger partial charge on any atom is 0.323 e. The second kappa shape index (κ2) is 9.43. The molecule has 3 aromatic carbocycles. The van der Waals surface area contributed by atoms with E-state index in [4.69, 9.17) is 16.3 Å². The third-order valence-corrected chi connectivity index (χ3v) is 6.13. The Balaban J connectivity index is 1.57. The summed E-state index contributed by atoms with van der Waals surface area (Å²) in [5.41, 5.74) is 0.868. The molecular weight excluding hydrogens is 464 g/mol. The van der Waals surface area contributed by atoms with E-state index in [9.17, 15) is 23.5 Å². The van der Waals surface area contributed by atoms with Crippen LogP contribution in [0.25, 0.3) is 0 Å². The van der Waals surface area contributed by atoms with E-state index >= 15 is 0 Å². The molecular formula is C26H22ClF2NO4. The van der Waals surface area contributed by atoms with Gasteiger partial charge in [-0.3, -0.25) is 9.59 Å². The summed E-state index contributed by atoms with van der Waals surface area (Å²) in [5.74, 6) is -2.16. The van der Waals surface area contributed by atoms with E-state index in [1.165, 1.54) is 30.3 Å². The Kier molecular flexibility index (Phi) is 6.57. The van der Waals surface area contributed by atoms with Crippen molar-refractivity contribution in [1.82, 2.24) is 4.90 Å². The Morgan fingerprint density at radius 2 is 1.82 bits per heavy atom. The molecule has 3 aromatic rings. The molecule has 0 aromatic heterocycles. The van der Waals surface area contributed by atoms with Crippen LogP contribution in [-0.2, 0) is 24.2 Å². The smallest absolute Gasteiger partial charge is 0.323 e. The Morgan fingerprint density at radius 3 is 2.53 bits per heavy atom. The molecule has 1 heterocycles. The molecule has 5 nitrogen and oxygen atoms in total. The molecule has 0 saturated heterocycles. The number of carboxylic acid groups (broad SMARTS) is 1. The molecule has 0 aliphatic carbocycles. The van der Waals surface area contributed by atoms with Gasteiger partial charge in [-0.2, -0.15) is 0 Å². The number of nitrogens with zero attached hydrogens (tertiary/aromatic N) is 1. The lowest BCUT2D eigenvalue weighted by molar-refractivity contribution is -0.137. The zero-order valence-electron chi connectivity index (χ0n) is 18.4. The highest BCUT2D eigenvalue weighted by Gasteiger charge is 2.36. The Bertz CT molecular complexity index is 1250. The van der Waals surface area contributed by atoms with Crippen molar-refractivity contribution in [2.75, 3.05) is 6.54 Å². The van der Waals surface area contributed by atoms with Gasteiger partial charge in [0.25, 0.3) is 5.91 Å². The topological polar surface area (TPSA) is 66.8 Å². The first-order valence-corrected chi connectivity index (χ1v) is 11.0. The molecule has 0 bridgehead atoms. The summed E-state index contributed by atoms with van der Waals surface area (Å²) in [7, 11) is 0. The number of rotatable bonds is 7. The van der Waals surface area contributed by atoms with Crippen LogP contribution in [0.5, 0.6) is 5.75 Å². The molecule has 4 rings (SSSR count). The summed E-state index contributed by atoms with van der Waals surface area (Å²) in [6.45, 7) is 0.954. The van der Waals surface area contributed by atoms with Gasteiger partial charge in [0, 0.05) is 29.0 Å². The summed E-state index contributed by atoms with van der Waals surface area (Å²) >= 11 is 6.08. The maximum absolute atomic E-state index is 14.3. The van der Waals surface area contributed by atoms with Crippen molar-refractivity contribution in [2.45, 2.75) is 31.9 Å². The third kappa shape index (κ3) is 5.04. The highest BCUT2D eigenvalue weighted by atomic mass is 35.5. The number of fused-ring (bicyclic) bond motifs is 1. The zero-order chi connectivity index (χ0) is 24.5. The van der Waals surface area contributed by atoms with Crippen LogP contribution in [0.2, 0.25) is 5.02 Å². The summed E-state index contributed by atoms with van der Waals surface area (Å²) in [6, 6.07) is 15.4. The lowest BCUT2D eigenvalue weighted by Gasteiger charge is -2.24. The first-order valence-electron chi connectivity index (χ1n) is 10.6. The Hall–Kier alpha value is -3.45. The van der Waals surface area contributed by atoms with Crippen molar-refractivity contribution in [2.24, 2.45) is 0 Å². The van der Waals surface area contributed by atoms with Crippen molar-refractivity contribution in [1.29, 1.82) is 0 Å². The molecule has 0 saturated carbocycles. The van der Waals surface area contributed by atoms with Gasteiger partial charge in [-0.25, -0.2) is 8.78 Å². The minimum Gasteiger partial charge on any atom is -0.487 e. The quantitative estimate of drug-likeness (QED) is 0.494. The molecule has 0 spiro atoms. The normalized spacial score (nSPS) is 16.6. The van der Waals surface area contributed by atoms with Crippen LogP contribution >= 0.6 is 11.6 Å². The highest BCUT2D eigenvalue weighted by molar-refractivity contribution is 6.31. The van der Waals surface area contributed by atoms with Crippen molar-refractivity contribution in [3.8, 4) is 5.75 Å². The van der Waals surface area contributed by atoms with Crippen LogP contribution < -0.4 is 4.74 Å². The second-order valence-corrected chi connectivity index (χ2v) is 8.98. The number of hydrogen-bond acceptors (Lipinski definition) is 3. The molecule has 176 valence electrons. The number of benzene rings is 3. The Labute approximate surface area is 200 Å². The Morgan fingerprint density at radius 1 is 1.09 bits per heavy atom. The van der Waals surface area contributed by atoms with Gasteiger partial charge in [0.15, 0.2) is 0 Å². The highest BCUT2D eigenvalue weighted by Crippen LogP contribution is 2.38. The number of hydrogen-bond donors (Lipinski definition) is 1. The van der Waals surface area contributed by atoms with E-state index in [1.54, 1.807) is 30.3 Å². The fourth-order valence-corrected chi connectivity index (χ4v) is 4.44. The summed E-state index contributed by atoms with van der Waals surface area (Å²) in [4.78, 5) is 25.6. The molecule has 0 radical (unpaired) electrons. The van der Waals surface area contributed by atoms with Gasteiger partial charge in [-0.1, -0.05) is 35.9 Å². The third-order valence-electron chi connectivity index (χ3n) is 5.77. The van der Waals surface area contributed by atoms with Crippen LogP contribution in [0.1, 0.15) is 34.0 Å². The number of carboxylic acids is 1. The predicted molar refractivity (Wildman–Crippen MR) is 123 cm³/mol. The van der Waals surface area contributed by atoms with E-state index in [0.717, 1.165) is 10.5 Å². The predicted octanol–water partition coefficient (Wildman–Crippen LogP) is 5.28. The van der Waals surface area contributed by atoms with Gasteiger partial charge in [-0.15, -0.1) is 0 Å². The number of amides is 1. The SMILES string of the molecule is C[C@]1(Cc2ccccc2F)Cc2cc(C(=O)N(CC(=O)O)Cc3c(F)cccc3Cl)ccc2O1. The van der Waals surface area contributed by atoms with Crippen LogP contribution in [0.3, 0.4) is 0 Å². The summed E-state index contributed by atoms with van der Waals surface area (Å²) in [6.07, 6.45) is 0.782. The van der Waals surface area contributed by atoms with E-state index in [2.05, 4.69) is 0 Å². The van der Waals surface area contributed by atoms with E-state index < -0.39 is 29.8 Å². The molecule has 0 unspecified atom stereocenters.